The molecule has 1 aromatic rings. The number of ether oxygens (including phenoxy) is 2. The fraction of sp³-hybridized carbons (Fsp3) is 0.500. The van der Waals surface area contributed by atoms with E-state index in [2.05, 4.69) is 5.32 Å². The van der Waals surface area contributed by atoms with Crippen molar-refractivity contribution in [1.82, 2.24) is 10.2 Å². The van der Waals surface area contributed by atoms with Gasteiger partial charge in [0, 0.05) is 25.7 Å². The number of likely N-dealkylation sites (N-methyl/N-ethyl adjacent to an activating group) is 1. The average Bonchev–Trinajstić information content (AvgIpc) is 2.44. The van der Waals surface area contributed by atoms with Crippen molar-refractivity contribution in [2.75, 3.05) is 34.4 Å². The van der Waals surface area contributed by atoms with Gasteiger partial charge in [-0.25, -0.2) is 0 Å². The lowest BCUT2D eigenvalue weighted by atomic mass is 10.2. The Labute approximate surface area is 114 Å². The van der Waals surface area contributed by atoms with E-state index in [1.54, 1.807) is 19.1 Å². The number of nitrogens with one attached hydrogen (secondary N) is 1. The minimum atomic E-state index is -0.0520. The second-order valence-electron chi connectivity index (χ2n) is 4.18. The Kier molecular flexibility index (Phi) is 6.15. The van der Waals surface area contributed by atoms with Crippen LogP contribution in [-0.2, 0) is 11.3 Å². The van der Waals surface area contributed by atoms with Crippen molar-refractivity contribution in [3.63, 3.8) is 0 Å². The van der Waals surface area contributed by atoms with Gasteiger partial charge in [-0.05, 0) is 20.0 Å². The van der Waals surface area contributed by atoms with Gasteiger partial charge in [0.2, 0.25) is 0 Å². The Morgan fingerprint density at radius 2 is 2.16 bits per heavy atom. The Balaban J connectivity index is 2.83. The highest BCUT2D eigenvalue weighted by Gasteiger charge is 2.13. The maximum atomic E-state index is 11.8. The number of hydrogen-bond acceptors (Lipinski definition) is 4. The van der Waals surface area contributed by atoms with Crippen LogP contribution in [0.1, 0.15) is 12.5 Å². The van der Waals surface area contributed by atoms with Crippen LogP contribution < -0.4 is 14.8 Å². The molecule has 0 saturated carbocycles. The zero-order valence-electron chi connectivity index (χ0n) is 12.0. The van der Waals surface area contributed by atoms with Crippen molar-refractivity contribution in [2.45, 2.75) is 13.5 Å². The van der Waals surface area contributed by atoms with Crippen LogP contribution in [0.25, 0.3) is 0 Å². The van der Waals surface area contributed by atoms with Crippen LogP contribution in [0.3, 0.4) is 0 Å². The highest BCUT2D eigenvalue weighted by molar-refractivity contribution is 5.77. The summed E-state index contributed by atoms with van der Waals surface area (Å²) in [4.78, 5) is 13.4. The van der Waals surface area contributed by atoms with Crippen LogP contribution in [0, 0.1) is 0 Å². The quantitative estimate of drug-likeness (QED) is 0.807. The van der Waals surface area contributed by atoms with Crippen molar-refractivity contribution in [3.05, 3.63) is 23.8 Å². The van der Waals surface area contributed by atoms with Gasteiger partial charge in [-0.3, -0.25) is 4.79 Å². The fourth-order valence-corrected chi connectivity index (χ4v) is 1.64. The summed E-state index contributed by atoms with van der Waals surface area (Å²) in [5.74, 6) is 1.21. The third-order valence-electron chi connectivity index (χ3n) is 2.89. The van der Waals surface area contributed by atoms with Crippen LogP contribution in [0.5, 0.6) is 11.5 Å². The molecule has 19 heavy (non-hydrogen) atoms. The Hall–Kier alpha value is -1.75. The molecule has 1 amide bonds. The monoisotopic (exact) mass is 266 g/mol. The van der Waals surface area contributed by atoms with Crippen molar-refractivity contribution in [2.24, 2.45) is 0 Å². The molecule has 0 radical (unpaired) electrons. The summed E-state index contributed by atoms with van der Waals surface area (Å²) in [5.41, 5.74) is 0.966. The molecule has 5 nitrogen and oxygen atoms in total. The standard InChI is InChI=1S/C14H22N2O3/c1-5-16(3)13(17)10-19-14-11(9-15-2)7-6-8-12(14)18-4/h6-8,15H,5,9-10H2,1-4H3. The molecule has 5 heteroatoms. The Bertz CT molecular complexity index is 421. The molecule has 0 aliphatic carbocycles. The molecule has 1 aromatic carbocycles. The first-order valence-electron chi connectivity index (χ1n) is 6.31. The van der Waals surface area contributed by atoms with Crippen LogP contribution in [0.2, 0.25) is 0 Å². The van der Waals surface area contributed by atoms with E-state index in [1.807, 2.05) is 32.2 Å². The molecule has 1 N–H and O–H groups in total. The van der Waals surface area contributed by atoms with Gasteiger partial charge in [-0.15, -0.1) is 0 Å². The normalized spacial score (nSPS) is 10.1. The van der Waals surface area contributed by atoms with E-state index >= 15 is 0 Å². The van der Waals surface area contributed by atoms with Crippen molar-refractivity contribution in [1.29, 1.82) is 0 Å². The molecule has 1 rings (SSSR count). The number of nitrogens with zero attached hydrogens (tertiary/aromatic N) is 1. The van der Waals surface area contributed by atoms with Crippen molar-refractivity contribution in [3.8, 4) is 11.5 Å². The van der Waals surface area contributed by atoms with Crippen molar-refractivity contribution < 1.29 is 14.3 Å². The Morgan fingerprint density at radius 1 is 1.42 bits per heavy atom. The van der Waals surface area contributed by atoms with Crippen LogP contribution >= 0.6 is 0 Å². The van der Waals surface area contributed by atoms with Gasteiger partial charge in [0.05, 0.1) is 7.11 Å². The summed E-state index contributed by atoms with van der Waals surface area (Å²) in [5, 5.41) is 3.07. The van der Waals surface area contributed by atoms with Gasteiger partial charge in [0.1, 0.15) is 0 Å². The van der Waals surface area contributed by atoms with E-state index < -0.39 is 0 Å². The summed E-state index contributed by atoms with van der Waals surface area (Å²) >= 11 is 0. The largest absolute Gasteiger partial charge is 0.493 e. The predicted octanol–water partition coefficient (Wildman–Crippen LogP) is 1.27. The summed E-state index contributed by atoms with van der Waals surface area (Å²) in [7, 11) is 5.20. The first kappa shape index (κ1) is 15.3. The number of carbonyl (C=O) groups excluding carboxylic acids is 1. The molecule has 0 heterocycles. The molecule has 106 valence electrons. The van der Waals surface area contributed by atoms with Crippen LogP contribution in [0.15, 0.2) is 18.2 Å². The fourth-order valence-electron chi connectivity index (χ4n) is 1.64. The lowest BCUT2D eigenvalue weighted by Crippen LogP contribution is -2.31. The second-order valence-corrected chi connectivity index (χ2v) is 4.18. The smallest absolute Gasteiger partial charge is 0.260 e. The van der Waals surface area contributed by atoms with Gasteiger partial charge in [-0.2, -0.15) is 0 Å². The number of amides is 1. The number of carbonyl (C=O) groups is 1. The lowest BCUT2D eigenvalue weighted by molar-refractivity contribution is -0.131. The van der Waals surface area contributed by atoms with Gasteiger partial charge in [0.25, 0.3) is 5.91 Å². The molecule has 0 saturated heterocycles. The van der Waals surface area contributed by atoms with E-state index in [-0.39, 0.29) is 12.5 Å². The molecular formula is C14H22N2O3. The van der Waals surface area contributed by atoms with E-state index in [9.17, 15) is 4.79 Å². The van der Waals surface area contributed by atoms with E-state index in [0.717, 1.165) is 5.56 Å². The van der Waals surface area contributed by atoms with Gasteiger partial charge < -0.3 is 19.7 Å². The summed E-state index contributed by atoms with van der Waals surface area (Å²) < 4.78 is 10.9. The predicted molar refractivity (Wildman–Crippen MR) is 74.6 cm³/mol. The van der Waals surface area contributed by atoms with Gasteiger partial charge in [-0.1, -0.05) is 12.1 Å². The highest BCUT2D eigenvalue weighted by atomic mass is 16.5. The number of benzene rings is 1. The number of para-hydroxylation sites is 1. The highest BCUT2D eigenvalue weighted by Crippen LogP contribution is 2.31. The Morgan fingerprint density at radius 3 is 2.74 bits per heavy atom. The lowest BCUT2D eigenvalue weighted by Gasteiger charge is -2.18. The van der Waals surface area contributed by atoms with E-state index in [1.165, 1.54) is 0 Å². The minimum Gasteiger partial charge on any atom is -0.493 e. The summed E-state index contributed by atoms with van der Waals surface area (Å²) in [6, 6.07) is 5.67. The molecular weight excluding hydrogens is 244 g/mol. The molecule has 0 bridgehead atoms. The van der Waals surface area contributed by atoms with E-state index in [0.29, 0.717) is 24.6 Å². The second kappa shape index (κ2) is 7.63. The van der Waals surface area contributed by atoms with Crippen molar-refractivity contribution >= 4 is 5.91 Å². The zero-order chi connectivity index (χ0) is 14.3. The molecule has 0 atom stereocenters. The van der Waals surface area contributed by atoms with Gasteiger partial charge >= 0.3 is 0 Å². The van der Waals surface area contributed by atoms with Crippen LogP contribution in [0.4, 0.5) is 0 Å². The third kappa shape index (κ3) is 4.13. The average molecular weight is 266 g/mol. The maximum absolute atomic E-state index is 11.8. The molecule has 0 unspecified atom stereocenters. The number of methoxy groups -OCH3 is 1. The van der Waals surface area contributed by atoms with E-state index in [4.69, 9.17) is 9.47 Å². The SMILES string of the molecule is CCN(C)C(=O)COc1c(CNC)cccc1OC. The van der Waals surface area contributed by atoms with Crippen LogP contribution in [-0.4, -0.2) is 45.2 Å². The number of rotatable bonds is 7. The molecule has 0 aromatic heterocycles. The summed E-state index contributed by atoms with van der Waals surface area (Å²) in [6.07, 6.45) is 0. The summed E-state index contributed by atoms with van der Waals surface area (Å²) in [6.45, 7) is 3.26. The molecule has 0 aliphatic rings. The number of hydrogen-bond donors (Lipinski definition) is 1. The minimum absolute atomic E-state index is 0.0153. The van der Waals surface area contributed by atoms with Gasteiger partial charge in [0.15, 0.2) is 18.1 Å². The molecule has 0 fully saturated rings. The molecule has 0 aliphatic heterocycles. The first-order chi connectivity index (χ1) is 9.13. The maximum Gasteiger partial charge on any atom is 0.260 e. The molecule has 0 spiro atoms. The zero-order valence-corrected chi connectivity index (χ0v) is 12.0. The third-order valence-corrected chi connectivity index (χ3v) is 2.89. The topological polar surface area (TPSA) is 50.8 Å². The first-order valence-corrected chi connectivity index (χ1v) is 6.31.